The summed E-state index contributed by atoms with van der Waals surface area (Å²) in [7, 11) is 0. The Morgan fingerprint density at radius 2 is 2.42 bits per heavy atom. The van der Waals surface area contributed by atoms with Gasteiger partial charge in [-0.15, -0.1) is 0 Å². The topological polar surface area (TPSA) is 52.9 Å². The van der Waals surface area contributed by atoms with Crippen LogP contribution in [0.15, 0.2) is 0 Å². The molecule has 1 aliphatic carbocycles. The predicted octanol–water partition coefficient (Wildman–Crippen LogP) is 1.19. The first-order valence-corrected chi connectivity index (χ1v) is 5.15. The molecule has 0 heterocycles. The number of hydrogen-bond acceptors (Lipinski definition) is 2. The zero-order valence-electron chi connectivity index (χ0n) is 6.72. The molecule has 1 saturated carbocycles. The Labute approximate surface area is 80.3 Å². The van der Waals surface area contributed by atoms with Crippen molar-refractivity contribution in [2.24, 2.45) is 5.92 Å². The van der Waals surface area contributed by atoms with Crippen molar-refractivity contribution in [3.05, 3.63) is 0 Å². The van der Waals surface area contributed by atoms with Gasteiger partial charge in [0, 0.05) is 6.04 Å². The molecular formula is C8H11BrN2O. The van der Waals surface area contributed by atoms with E-state index in [9.17, 15) is 4.79 Å². The van der Waals surface area contributed by atoms with Crippen LogP contribution in [0, 0.1) is 17.2 Å². The molecular weight excluding hydrogens is 220 g/mol. The number of nitrogens with one attached hydrogen (secondary N) is 1. The fraction of sp³-hybridized carbons (Fsp3) is 0.750. The van der Waals surface area contributed by atoms with Gasteiger partial charge in [-0.2, -0.15) is 5.26 Å². The van der Waals surface area contributed by atoms with Gasteiger partial charge in [-0.25, -0.2) is 0 Å². The molecule has 1 amide bonds. The maximum Gasteiger partial charge on any atom is 0.230 e. The van der Waals surface area contributed by atoms with E-state index in [0.29, 0.717) is 5.33 Å². The summed E-state index contributed by atoms with van der Waals surface area (Å²) < 4.78 is 0. The molecule has 1 rings (SSSR count). The molecule has 66 valence electrons. The summed E-state index contributed by atoms with van der Waals surface area (Å²) in [5.74, 6) is -0.00449. The van der Waals surface area contributed by atoms with Gasteiger partial charge in [0.1, 0.15) is 0 Å². The molecule has 0 radical (unpaired) electrons. The normalized spacial score (nSPS) is 28.0. The maximum absolute atomic E-state index is 11.0. The summed E-state index contributed by atoms with van der Waals surface area (Å²) in [6, 6.07) is 2.30. The zero-order valence-corrected chi connectivity index (χ0v) is 8.30. The van der Waals surface area contributed by atoms with Gasteiger partial charge in [-0.3, -0.25) is 4.79 Å². The van der Waals surface area contributed by atoms with E-state index in [4.69, 9.17) is 5.26 Å². The second-order valence-electron chi connectivity index (χ2n) is 2.97. The molecule has 1 fully saturated rings. The van der Waals surface area contributed by atoms with Crippen molar-refractivity contribution in [3.63, 3.8) is 0 Å². The van der Waals surface area contributed by atoms with E-state index in [1.165, 1.54) is 0 Å². The number of nitriles is 1. The van der Waals surface area contributed by atoms with Crippen LogP contribution in [0.4, 0.5) is 0 Å². The van der Waals surface area contributed by atoms with Crippen molar-refractivity contribution in [1.29, 1.82) is 5.26 Å². The van der Waals surface area contributed by atoms with Gasteiger partial charge in [0.15, 0.2) is 0 Å². The smallest absolute Gasteiger partial charge is 0.230 e. The first-order valence-electron chi connectivity index (χ1n) is 4.03. The minimum Gasteiger partial charge on any atom is -0.351 e. The van der Waals surface area contributed by atoms with E-state index in [1.54, 1.807) is 0 Å². The van der Waals surface area contributed by atoms with Crippen LogP contribution < -0.4 is 5.32 Å². The predicted molar refractivity (Wildman–Crippen MR) is 48.7 cm³/mol. The average Bonchev–Trinajstić information content (AvgIpc) is 2.51. The Kier molecular flexibility index (Phi) is 3.54. The van der Waals surface area contributed by atoms with Crippen molar-refractivity contribution >= 4 is 21.8 Å². The quantitative estimate of drug-likeness (QED) is 0.725. The minimum absolute atomic E-state index is 0.0213. The third-order valence-electron chi connectivity index (χ3n) is 2.15. The van der Waals surface area contributed by atoms with E-state index < -0.39 is 0 Å². The summed E-state index contributed by atoms with van der Waals surface area (Å²) in [5, 5.41) is 11.9. The number of alkyl halides is 1. The Morgan fingerprint density at radius 3 is 3.00 bits per heavy atom. The van der Waals surface area contributed by atoms with Gasteiger partial charge in [-0.1, -0.05) is 15.9 Å². The molecule has 3 nitrogen and oxygen atoms in total. The molecule has 0 saturated heterocycles. The fourth-order valence-electron chi connectivity index (χ4n) is 1.53. The number of halogens is 1. The highest BCUT2D eigenvalue weighted by Gasteiger charge is 2.27. The largest absolute Gasteiger partial charge is 0.351 e. The lowest BCUT2D eigenvalue weighted by molar-refractivity contribution is -0.119. The molecule has 0 bridgehead atoms. The summed E-state index contributed by atoms with van der Waals surface area (Å²) in [5.41, 5.74) is 0. The van der Waals surface area contributed by atoms with Gasteiger partial charge >= 0.3 is 0 Å². The first-order chi connectivity index (χ1) is 5.77. The van der Waals surface area contributed by atoms with E-state index >= 15 is 0 Å². The van der Waals surface area contributed by atoms with E-state index in [0.717, 1.165) is 19.3 Å². The SMILES string of the molecule is N#CC1CCCC1NC(=O)CBr. The maximum atomic E-state index is 11.0. The molecule has 0 aromatic heterocycles. The molecule has 0 aromatic carbocycles. The summed E-state index contributed by atoms with van der Waals surface area (Å²) in [6.45, 7) is 0. The number of rotatable bonds is 2. The summed E-state index contributed by atoms with van der Waals surface area (Å²) >= 11 is 3.07. The van der Waals surface area contributed by atoms with Gasteiger partial charge < -0.3 is 5.32 Å². The van der Waals surface area contributed by atoms with E-state index in [-0.39, 0.29) is 17.9 Å². The van der Waals surface area contributed by atoms with Crippen LogP contribution >= 0.6 is 15.9 Å². The molecule has 0 aromatic rings. The highest BCUT2D eigenvalue weighted by atomic mass is 79.9. The van der Waals surface area contributed by atoms with Crippen molar-refractivity contribution in [2.45, 2.75) is 25.3 Å². The highest BCUT2D eigenvalue weighted by molar-refractivity contribution is 9.09. The van der Waals surface area contributed by atoms with Crippen LogP contribution in [-0.2, 0) is 4.79 Å². The molecule has 2 atom stereocenters. The van der Waals surface area contributed by atoms with Crippen molar-refractivity contribution < 1.29 is 4.79 Å². The fourth-order valence-corrected chi connectivity index (χ4v) is 1.69. The minimum atomic E-state index is -0.0258. The van der Waals surface area contributed by atoms with Crippen LogP contribution in [0.1, 0.15) is 19.3 Å². The number of nitrogens with zero attached hydrogens (tertiary/aromatic N) is 1. The number of hydrogen-bond donors (Lipinski definition) is 1. The zero-order chi connectivity index (χ0) is 8.97. The second-order valence-corrected chi connectivity index (χ2v) is 3.53. The standard InChI is InChI=1S/C8H11BrN2O/c9-4-8(12)11-7-3-1-2-6(7)5-10/h6-7H,1-4H2,(H,11,12). The number of amides is 1. The summed E-state index contributed by atoms with van der Waals surface area (Å²) in [4.78, 5) is 11.0. The average molecular weight is 231 g/mol. The van der Waals surface area contributed by atoms with Crippen LogP contribution in [0.5, 0.6) is 0 Å². The Balaban J connectivity index is 2.42. The van der Waals surface area contributed by atoms with E-state index in [2.05, 4.69) is 27.3 Å². The Bertz CT molecular complexity index is 212. The first kappa shape index (κ1) is 9.53. The third-order valence-corrected chi connectivity index (χ3v) is 2.66. The summed E-state index contributed by atoms with van der Waals surface area (Å²) in [6.07, 6.45) is 2.91. The van der Waals surface area contributed by atoms with Crippen LogP contribution in [0.25, 0.3) is 0 Å². The molecule has 4 heteroatoms. The third kappa shape index (κ3) is 2.21. The van der Waals surface area contributed by atoms with Gasteiger partial charge in [0.05, 0.1) is 17.3 Å². The Hall–Kier alpha value is -0.560. The number of carbonyl (C=O) groups is 1. The highest BCUT2D eigenvalue weighted by Crippen LogP contribution is 2.24. The van der Waals surface area contributed by atoms with Gasteiger partial charge in [-0.05, 0) is 19.3 Å². The van der Waals surface area contributed by atoms with Crippen molar-refractivity contribution in [1.82, 2.24) is 5.32 Å². The van der Waals surface area contributed by atoms with Gasteiger partial charge in [0.2, 0.25) is 5.91 Å². The molecule has 0 aliphatic heterocycles. The van der Waals surface area contributed by atoms with Crippen molar-refractivity contribution in [2.75, 3.05) is 5.33 Å². The Morgan fingerprint density at radius 1 is 1.67 bits per heavy atom. The molecule has 2 unspecified atom stereocenters. The lowest BCUT2D eigenvalue weighted by Gasteiger charge is -2.13. The molecule has 12 heavy (non-hydrogen) atoms. The lowest BCUT2D eigenvalue weighted by atomic mass is 10.1. The van der Waals surface area contributed by atoms with Crippen LogP contribution in [0.3, 0.4) is 0 Å². The molecule has 1 N–H and O–H groups in total. The van der Waals surface area contributed by atoms with Crippen LogP contribution in [-0.4, -0.2) is 17.3 Å². The molecule has 1 aliphatic rings. The van der Waals surface area contributed by atoms with Gasteiger partial charge in [0.25, 0.3) is 0 Å². The lowest BCUT2D eigenvalue weighted by Crippen LogP contribution is -2.37. The number of carbonyl (C=O) groups excluding carboxylic acids is 1. The molecule has 0 spiro atoms. The monoisotopic (exact) mass is 230 g/mol. The van der Waals surface area contributed by atoms with E-state index in [1.807, 2.05) is 0 Å². The van der Waals surface area contributed by atoms with Crippen LogP contribution in [0.2, 0.25) is 0 Å². The second kappa shape index (κ2) is 4.46. The van der Waals surface area contributed by atoms with Crippen molar-refractivity contribution in [3.8, 4) is 6.07 Å².